The van der Waals surface area contributed by atoms with Crippen LogP contribution in [0.3, 0.4) is 0 Å². The predicted molar refractivity (Wildman–Crippen MR) is 308 cm³/mol. The van der Waals surface area contributed by atoms with E-state index in [-0.39, 0.29) is 24.7 Å². The summed E-state index contributed by atoms with van der Waals surface area (Å²) in [6.45, 7) is 3.67. The van der Waals surface area contributed by atoms with Crippen molar-refractivity contribution < 1.29 is 56.9 Å². The topological polar surface area (TPSA) is 118 Å². The van der Waals surface area contributed by atoms with Crippen molar-refractivity contribution in [2.75, 3.05) is 39.6 Å². The Morgan fingerprint density at radius 2 is 0.637 bits per heavy atom. The Bertz CT molecular complexity index is 2670. The van der Waals surface area contributed by atoms with Crippen LogP contribution >= 0.6 is 0 Å². The molecule has 0 aliphatic carbocycles. The van der Waals surface area contributed by atoms with Gasteiger partial charge in [-0.05, 0) is 61.4 Å². The van der Waals surface area contributed by atoms with E-state index in [9.17, 15) is 27.8 Å². The fourth-order valence-electron chi connectivity index (χ4n) is 8.36. The zero-order valence-electron chi connectivity index (χ0n) is 46.6. The monoisotopic (exact) mass is 1100 g/mol. The number of hydrogen-bond acceptors (Lipinski definition) is 8. The van der Waals surface area contributed by atoms with Gasteiger partial charge in [0.1, 0.15) is 71.7 Å². The van der Waals surface area contributed by atoms with Crippen LogP contribution in [0, 0.1) is 70.6 Å². The summed E-state index contributed by atoms with van der Waals surface area (Å²) in [4.78, 5) is 0. The van der Waals surface area contributed by atoms with Gasteiger partial charge in [-0.15, -0.1) is 0 Å². The van der Waals surface area contributed by atoms with Crippen molar-refractivity contribution in [2.24, 2.45) is 0 Å². The summed E-state index contributed by atoms with van der Waals surface area (Å²) >= 11 is 0. The quantitative estimate of drug-likeness (QED) is 0.0191. The third kappa shape index (κ3) is 23.8. The fraction of sp³-hybridized carbons (Fsp3) is 0.441. The largest absolute Gasteiger partial charge is 0.492 e. The molecular weight excluding hydrogens is 1020 g/mol. The summed E-state index contributed by atoms with van der Waals surface area (Å²) in [5.41, 5.74) is 2.71. The fourth-order valence-corrected chi connectivity index (χ4v) is 8.36. The molecule has 0 saturated heterocycles. The standard InChI is InChI=1S/C68H78F4O8/c1-3-5-7-9-11-13-15-17-19-21-39-77-67-41-56(36-32-52-25-29-54(30-26-52)34-38-62-65(71)45-60(46-66(62)72)80-50-58(76)48-74)68(78-40-22-20-18-16-14-12-10-8-6-4-2)42-55(67)35-31-51-23-27-53(28-24-51)33-37-61-63(69)43-59(44-64(61)70)79-49-57(75)47-73/h23-30,41-46,57-58,73-76H,3-22,39-40,47-50H2,1-2H3. The first kappa shape index (κ1) is 63.9. The van der Waals surface area contributed by atoms with Crippen molar-refractivity contribution in [2.45, 2.75) is 154 Å². The maximum atomic E-state index is 14.9. The number of unbranched alkanes of at least 4 members (excludes halogenated alkanes) is 18. The van der Waals surface area contributed by atoms with Crippen molar-refractivity contribution in [3.05, 3.63) is 153 Å². The van der Waals surface area contributed by atoms with Gasteiger partial charge in [0.25, 0.3) is 0 Å². The summed E-state index contributed by atoms with van der Waals surface area (Å²) in [7, 11) is 0. The molecule has 0 amide bonds. The van der Waals surface area contributed by atoms with Crippen LogP contribution in [0.1, 0.15) is 187 Å². The lowest BCUT2D eigenvalue weighted by molar-refractivity contribution is 0.0534. The molecule has 0 bridgehead atoms. The Kier molecular flexibility index (Phi) is 29.7. The number of halogens is 4. The highest BCUT2D eigenvalue weighted by molar-refractivity contribution is 5.61. The zero-order chi connectivity index (χ0) is 57.2. The number of benzene rings is 5. The van der Waals surface area contributed by atoms with E-state index in [1.807, 2.05) is 12.1 Å². The number of hydrogen-bond donors (Lipinski definition) is 4. The second-order valence-corrected chi connectivity index (χ2v) is 19.9. The molecule has 0 saturated carbocycles. The number of ether oxygens (including phenoxy) is 4. The Labute approximate surface area is 472 Å². The molecule has 0 spiro atoms. The summed E-state index contributed by atoms with van der Waals surface area (Å²) in [5, 5.41) is 37.1. The van der Waals surface area contributed by atoms with Gasteiger partial charge in [0.05, 0.1) is 48.7 Å². The van der Waals surface area contributed by atoms with Crippen LogP contribution in [0.5, 0.6) is 23.0 Å². The molecule has 0 heterocycles. The third-order valence-corrected chi connectivity index (χ3v) is 13.0. The van der Waals surface area contributed by atoms with Crippen LogP contribution in [-0.2, 0) is 0 Å². The van der Waals surface area contributed by atoms with Crippen LogP contribution in [0.25, 0.3) is 0 Å². The Morgan fingerprint density at radius 1 is 0.362 bits per heavy atom. The minimum absolute atomic E-state index is 0.136. The van der Waals surface area contributed by atoms with Gasteiger partial charge in [-0.2, -0.15) is 0 Å². The highest BCUT2D eigenvalue weighted by atomic mass is 19.1. The lowest BCUT2D eigenvalue weighted by Gasteiger charge is -2.14. The zero-order valence-corrected chi connectivity index (χ0v) is 46.6. The summed E-state index contributed by atoms with van der Waals surface area (Å²) in [6.07, 6.45) is 21.4. The summed E-state index contributed by atoms with van der Waals surface area (Å²) < 4.78 is 82.9. The molecule has 80 heavy (non-hydrogen) atoms. The molecule has 0 aliphatic rings. The van der Waals surface area contributed by atoms with E-state index in [0.29, 0.717) is 58.1 Å². The lowest BCUT2D eigenvalue weighted by Crippen LogP contribution is -2.21. The summed E-state index contributed by atoms with van der Waals surface area (Å²) in [6, 6.07) is 21.6. The van der Waals surface area contributed by atoms with Crippen LogP contribution in [0.2, 0.25) is 0 Å². The SMILES string of the molecule is CCCCCCCCCCCCOc1cc(C#Cc2ccc(C#Cc3c(F)cc(OCC(O)CO)cc3F)cc2)c(OCCCCCCCCCCCC)cc1C#Cc1ccc(C#Cc2c(F)cc(OCC(O)CO)cc2F)cc1. The molecule has 0 aromatic heterocycles. The van der Waals surface area contributed by atoms with Gasteiger partial charge in [-0.25, -0.2) is 17.6 Å². The molecule has 5 rings (SSSR count). The smallest absolute Gasteiger partial charge is 0.145 e. The van der Waals surface area contributed by atoms with Crippen molar-refractivity contribution in [3.63, 3.8) is 0 Å². The van der Waals surface area contributed by atoms with Gasteiger partial charge >= 0.3 is 0 Å². The highest BCUT2D eigenvalue weighted by Gasteiger charge is 2.15. The lowest BCUT2D eigenvalue weighted by atomic mass is 10.1. The number of rotatable bonds is 32. The molecule has 0 radical (unpaired) electrons. The third-order valence-electron chi connectivity index (χ3n) is 13.0. The molecule has 12 heteroatoms. The van der Waals surface area contributed by atoms with Crippen LogP contribution in [0.4, 0.5) is 17.6 Å². The number of aliphatic hydroxyl groups excluding tert-OH is 4. The van der Waals surface area contributed by atoms with Gasteiger partial charge in [0, 0.05) is 58.7 Å². The predicted octanol–water partition coefficient (Wildman–Crippen LogP) is 13.9. The van der Waals surface area contributed by atoms with Gasteiger partial charge in [-0.3, -0.25) is 0 Å². The molecule has 0 aliphatic heterocycles. The molecule has 0 fully saturated rings. The van der Waals surface area contributed by atoms with Gasteiger partial charge < -0.3 is 39.4 Å². The average molecular weight is 1100 g/mol. The summed E-state index contributed by atoms with van der Waals surface area (Å²) in [5.74, 6) is 21.0. The molecule has 426 valence electrons. The first-order valence-corrected chi connectivity index (χ1v) is 28.5. The van der Waals surface area contributed by atoms with Crippen molar-refractivity contribution in [3.8, 4) is 70.4 Å². The first-order chi connectivity index (χ1) is 39.0. The van der Waals surface area contributed by atoms with Crippen molar-refractivity contribution in [1.29, 1.82) is 0 Å². The maximum Gasteiger partial charge on any atom is 0.145 e. The minimum atomic E-state index is -1.19. The molecule has 4 N–H and O–H groups in total. The van der Waals surface area contributed by atoms with Crippen LogP contribution < -0.4 is 18.9 Å². The van der Waals surface area contributed by atoms with E-state index < -0.39 is 59.8 Å². The second kappa shape index (κ2) is 37.1. The Balaban J connectivity index is 1.38. The molecule has 5 aromatic rings. The normalized spacial score (nSPS) is 11.4. The second-order valence-electron chi connectivity index (χ2n) is 19.9. The van der Waals surface area contributed by atoms with Gasteiger partial charge in [-0.1, -0.05) is 177 Å². The maximum absolute atomic E-state index is 14.9. The van der Waals surface area contributed by atoms with Crippen LogP contribution in [-0.4, -0.2) is 72.3 Å². The number of aliphatic hydroxyl groups is 4. The minimum Gasteiger partial charge on any atom is -0.492 e. The van der Waals surface area contributed by atoms with Gasteiger partial charge in [0.15, 0.2) is 0 Å². The molecule has 2 atom stereocenters. The molecule has 8 nitrogen and oxygen atoms in total. The Morgan fingerprint density at radius 3 is 0.925 bits per heavy atom. The van der Waals surface area contributed by atoms with E-state index in [1.54, 1.807) is 48.5 Å². The van der Waals surface area contributed by atoms with Crippen molar-refractivity contribution >= 4 is 0 Å². The molecule has 5 aromatic carbocycles. The van der Waals surface area contributed by atoms with E-state index in [0.717, 1.165) is 62.8 Å². The van der Waals surface area contributed by atoms with E-state index in [2.05, 4.69) is 61.2 Å². The van der Waals surface area contributed by atoms with Gasteiger partial charge in [0.2, 0.25) is 0 Å². The molecular formula is C68H78F4O8. The average Bonchev–Trinajstić information content (AvgIpc) is 3.47. The van der Waals surface area contributed by atoms with Crippen molar-refractivity contribution in [1.82, 2.24) is 0 Å². The van der Waals surface area contributed by atoms with E-state index in [4.69, 9.17) is 29.2 Å². The van der Waals surface area contributed by atoms with E-state index in [1.165, 1.54) is 89.9 Å². The van der Waals surface area contributed by atoms with Crippen LogP contribution in [0.15, 0.2) is 84.9 Å². The van der Waals surface area contributed by atoms with E-state index >= 15 is 0 Å². The molecule has 2 unspecified atom stereocenters. The first-order valence-electron chi connectivity index (χ1n) is 28.5. The Hall–Kier alpha value is -6.90. The highest BCUT2D eigenvalue weighted by Crippen LogP contribution is 2.30.